The van der Waals surface area contributed by atoms with Crippen LogP contribution in [0.1, 0.15) is 27.8 Å². The second-order valence-corrected chi connectivity index (χ2v) is 7.35. The average Bonchev–Trinajstić information content (AvgIpc) is 3.29. The molecule has 158 valence electrons. The van der Waals surface area contributed by atoms with Gasteiger partial charge in [0.25, 0.3) is 11.6 Å². The van der Waals surface area contributed by atoms with Crippen LogP contribution in [0, 0.1) is 10.1 Å². The monoisotopic (exact) mass is 419 g/mol. The fraction of sp³-hybridized carbons (Fsp3) is 0.217. The number of nitro groups is 1. The van der Waals surface area contributed by atoms with E-state index in [0.29, 0.717) is 43.1 Å². The number of non-ortho nitro benzene ring substituents is 1. The standard InChI is InChI=1S/C23H21N3O5/c1-16(27)17-2-6-19(7-3-17)24-12-14-25(15-13-24)23(28)22-11-10-21(31-22)18-4-8-20(9-5-18)26(29)30/h2-11H,12-15H2,1H3. The van der Waals surface area contributed by atoms with Crippen molar-refractivity contribution in [1.29, 1.82) is 0 Å². The summed E-state index contributed by atoms with van der Waals surface area (Å²) < 4.78 is 5.73. The Kier molecular flexibility index (Phi) is 5.53. The lowest BCUT2D eigenvalue weighted by Gasteiger charge is -2.35. The first-order valence-electron chi connectivity index (χ1n) is 9.92. The molecule has 1 fully saturated rings. The minimum absolute atomic E-state index is 0.000380. The lowest BCUT2D eigenvalue weighted by atomic mass is 10.1. The SMILES string of the molecule is CC(=O)c1ccc(N2CCN(C(=O)c3ccc(-c4ccc([N+](=O)[O-])cc4)o3)CC2)cc1. The minimum atomic E-state index is -0.460. The summed E-state index contributed by atoms with van der Waals surface area (Å²) in [5.74, 6) is 0.586. The summed E-state index contributed by atoms with van der Waals surface area (Å²) >= 11 is 0. The van der Waals surface area contributed by atoms with E-state index in [1.807, 2.05) is 24.3 Å². The molecule has 2 aromatic carbocycles. The van der Waals surface area contributed by atoms with E-state index < -0.39 is 4.92 Å². The zero-order valence-corrected chi connectivity index (χ0v) is 17.0. The molecular formula is C23H21N3O5. The van der Waals surface area contributed by atoms with Gasteiger partial charge in [0.2, 0.25) is 0 Å². The molecule has 1 amide bonds. The Morgan fingerprint density at radius 3 is 2.13 bits per heavy atom. The zero-order valence-electron chi connectivity index (χ0n) is 17.0. The van der Waals surface area contributed by atoms with E-state index in [1.165, 1.54) is 12.1 Å². The van der Waals surface area contributed by atoms with Crippen LogP contribution >= 0.6 is 0 Å². The minimum Gasteiger partial charge on any atom is -0.451 e. The number of furan rings is 1. The molecule has 2 heterocycles. The fourth-order valence-corrected chi connectivity index (χ4v) is 3.59. The van der Waals surface area contributed by atoms with E-state index in [4.69, 9.17) is 4.42 Å². The number of hydrogen-bond donors (Lipinski definition) is 0. The highest BCUT2D eigenvalue weighted by Crippen LogP contribution is 2.26. The summed E-state index contributed by atoms with van der Waals surface area (Å²) in [5, 5.41) is 10.8. The molecule has 0 bridgehead atoms. The number of piperazine rings is 1. The van der Waals surface area contributed by atoms with E-state index in [-0.39, 0.29) is 23.1 Å². The van der Waals surface area contributed by atoms with Gasteiger partial charge in [0, 0.05) is 55.1 Å². The third kappa shape index (κ3) is 4.32. The Labute approximate surface area is 178 Å². The average molecular weight is 419 g/mol. The van der Waals surface area contributed by atoms with E-state index in [0.717, 1.165) is 5.69 Å². The molecule has 0 radical (unpaired) electrons. The van der Waals surface area contributed by atoms with Gasteiger partial charge in [-0.3, -0.25) is 19.7 Å². The van der Waals surface area contributed by atoms with E-state index in [2.05, 4.69) is 4.90 Å². The van der Waals surface area contributed by atoms with Gasteiger partial charge in [0.15, 0.2) is 11.5 Å². The largest absolute Gasteiger partial charge is 0.451 e. The second kappa shape index (κ2) is 8.43. The number of hydrogen-bond acceptors (Lipinski definition) is 6. The Hall–Kier alpha value is -3.94. The quantitative estimate of drug-likeness (QED) is 0.352. The van der Waals surface area contributed by atoms with Crippen LogP contribution < -0.4 is 4.90 Å². The maximum atomic E-state index is 12.8. The van der Waals surface area contributed by atoms with Crippen molar-refractivity contribution in [2.24, 2.45) is 0 Å². The van der Waals surface area contributed by atoms with Crippen LogP contribution in [0.5, 0.6) is 0 Å². The maximum absolute atomic E-state index is 12.8. The van der Waals surface area contributed by atoms with Crippen molar-refractivity contribution in [2.75, 3.05) is 31.1 Å². The van der Waals surface area contributed by atoms with E-state index >= 15 is 0 Å². The van der Waals surface area contributed by atoms with Crippen molar-refractivity contribution in [1.82, 2.24) is 4.90 Å². The smallest absolute Gasteiger partial charge is 0.289 e. The highest BCUT2D eigenvalue weighted by Gasteiger charge is 2.24. The van der Waals surface area contributed by atoms with E-state index in [9.17, 15) is 19.7 Å². The summed E-state index contributed by atoms with van der Waals surface area (Å²) in [6.45, 7) is 4.02. The van der Waals surface area contributed by atoms with E-state index in [1.54, 1.807) is 36.1 Å². The number of nitrogens with zero attached hydrogens (tertiary/aromatic N) is 3. The van der Waals surface area contributed by atoms with Crippen LogP contribution in [0.25, 0.3) is 11.3 Å². The van der Waals surface area contributed by atoms with Crippen LogP contribution in [0.3, 0.4) is 0 Å². The molecule has 1 saturated heterocycles. The number of carbonyl (C=O) groups is 2. The first-order valence-corrected chi connectivity index (χ1v) is 9.92. The van der Waals surface area contributed by atoms with Crippen molar-refractivity contribution in [2.45, 2.75) is 6.92 Å². The van der Waals surface area contributed by atoms with Crippen molar-refractivity contribution < 1.29 is 18.9 Å². The van der Waals surface area contributed by atoms with Crippen LogP contribution in [0.2, 0.25) is 0 Å². The van der Waals surface area contributed by atoms with Gasteiger partial charge in [-0.25, -0.2) is 0 Å². The van der Waals surface area contributed by atoms with Crippen LogP contribution in [0.4, 0.5) is 11.4 Å². The molecule has 8 heteroatoms. The fourth-order valence-electron chi connectivity index (χ4n) is 3.59. The van der Waals surface area contributed by atoms with Crippen molar-refractivity contribution in [3.63, 3.8) is 0 Å². The number of amides is 1. The molecular weight excluding hydrogens is 398 g/mol. The van der Waals surface area contributed by atoms with Gasteiger partial charge in [-0.2, -0.15) is 0 Å². The van der Waals surface area contributed by atoms with Crippen LogP contribution in [-0.2, 0) is 0 Å². The number of Topliss-reactive ketones (excluding diaryl/α,β-unsaturated/α-hetero) is 1. The third-order valence-corrected chi connectivity index (χ3v) is 5.39. The highest BCUT2D eigenvalue weighted by atomic mass is 16.6. The number of carbonyl (C=O) groups excluding carboxylic acids is 2. The predicted molar refractivity (Wildman–Crippen MR) is 115 cm³/mol. The third-order valence-electron chi connectivity index (χ3n) is 5.39. The Balaban J connectivity index is 1.39. The Morgan fingerprint density at radius 1 is 0.903 bits per heavy atom. The highest BCUT2D eigenvalue weighted by molar-refractivity contribution is 5.94. The van der Waals surface area contributed by atoms with Gasteiger partial charge in [0.05, 0.1) is 4.92 Å². The number of anilines is 1. The second-order valence-electron chi connectivity index (χ2n) is 7.35. The number of benzene rings is 2. The van der Waals surface area contributed by atoms with Gasteiger partial charge in [-0.05, 0) is 55.5 Å². The predicted octanol–water partition coefficient (Wildman–Crippen LogP) is 4.02. The summed E-state index contributed by atoms with van der Waals surface area (Å²) in [7, 11) is 0. The Bertz CT molecular complexity index is 1110. The molecule has 0 unspecified atom stereocenters. The first-order chi connectivity index (χ1) is 14.9. The van der Waals surface area contributed by atoms with Gasteiger partial charge in [-0.1, -0.05) is 0 Å². The molecule has 0 atom stereocenters. The van der Waals surface area contributed by atoms with Gasteiger partial charge >= 0.3 is 0 Å². The molecule has 0 saturated carbocycles. The normalized spacial score (nSPS) is 13.8. The van der Waals surface area contributed by atoms with Crippen LogP contribution in [0.15, 0.2) is 65.1 Å². The van der Waals surface area contributed by atoms with Gasteiger partial charge in [0.1, 0.15) is 5.76 Å². The maximum Gasteiger partial charge on any atom is 0.289 e. The first kappa shape index (κ1) is 20.3. The number of rotatable bonds is 5. The van der Waals surface area contributed by atoms with Crippen LogP contribution in [-0.4, -0.2) is 47.7 Å². The van der Waals surface area contributed by atoms with Gasteiger partial charge in [-0.15, -0.1) is 0 Å². The molecule has 0 spiro atoms. The molecule has 31 heavy (non-hydrogen) atoms. The molecule has 0 N–H and O–H groups in total. The lowest BCUT2D eigenvalue weighted by Crippen LogP contribution is -2.48. The molecule has 1 aliphatic heterocycles. The Morgan fingerprint density at radius 2 is 1.55 bits per heavy atom. The molecule has 0 aliphatic carbocycles. The summed E-state index contributed by atoms with van der Waals surface area (Å²) in [5.41, 5.74) is 2.37. The molecule has 8 nitrogen and oxygen atoms in total. The molecule has 3 aromatic rings. The summed E-state index contributed by atoms with van der Waals surface area (Å²) in [6.07, 6.45) is 0. The molecule has 1 aromatic heterocycles. The number of ketones is 1. The summed E-state index contributed by atoms with van der Waals surface area (Å²) in [4.78, 5) is 38.5. The lowest BCUT2D eigenvalue weighted by molar-refractivity contribution is -0.384. The zero-order chi connectivity index (χ0) is 22.0. The number of nitro benzene ring substituents is 1. The van der Waals surface area contributed by atoms with Gasteiger partial charge < -0.3 is 14.2 Å². The summed E-state index contributed by atoms with van der Waals surface area (Å²) in [6, 6.07) is 16.8. The van der Waals surface area contributed by atoms with Crippen molar-refractivity contribution in [3.05, 3.63) is 82.1 Å². The topological polar surface area (TPSA) is 96.9 Å². The molecule has 4 rings (SSSR count). The van der Waals surface area contributed by atoms with Crippen molar-refractivity contribution >= 4 is 23.1 Å². The molecule has 1 aliphatic rings. The van der Waals surface area contributed by atoms with Crippen molar-refractivity contribution in [3.8, 4) is 11.3 Å².